The van der Waals surface area contributed by atoms with Gasteiger partial charge >= 0.3 is 0 Å². The number of hydrogen-bond acceptors (Lipinski definition) is 5. The van der Waals surface area contributed by atoms with Crippen LogP contribution in [-0.4, -0.2) is 49.3 Å². The minimum absolute atomic E-state index is 0.0508. The number of carbonyl (C=O) groups excluding carboxylic acids is 1. The maximum absolute atomic E-state index is 13.6. The van der Waals surface area contributed by atoms with E-state index in [4.69, 9.17) is 14.6 Å². The second-order valence-corrected chi connectivity index (χ2v) is 9.07. The van der Waals surface area contributed by atoms with E-state index in [0.717, 1.165) is 22.4 Å². The first kappa shape index (κ1) is 24.5. The van der Waals surface area contributed by atoms with Gasteiger partial charge in [-0.25, -0.2) is 5.01 Å². The Bertz CT molecular complexity index is 1220. The highest BCUT2D eigenvalue weighted by molar-refractivity contribution is 6.03. The van der Waals surface area contributed by atoms with Crippen molar-refractivity contribution >= 4 is 11.6 Å². The molecule has 3 aromatic rings. The summed E-state index contributed by atoms with van der Waals surface area (Å²) in [5.41, 5.74) is 6.45. The van der Waals surface area contributed by atoms with Crippen molar-refractivity contribution in [3.63, 3.8) is 0 Å². The summed E-state index contributed by atoms with van der Waals surface area (Å²) >= 11 is 0. The molecule has 1 aliphatic rings. The fraction of sp³-hybridized carbons (Fsp3) is 0.310. The van der Waals surface area contributed by atoms with Gasteiger partial charge in [0, 0.05) is 24.6 Å². The summed E-state index contributed by atoms with van der Waals surface area (Å²) in [4.78, 5) is 15.6. The number of likely N-dealkylation sites (N-methyl/N-ethyl adjacent to an activating group) is 1. The number of ether oxygens (including phenoxy) is 2. The van der Waals surface area contributed by atoms with Crippen LogP contribution < -0.4 is 9.47 Å². The molecule has 0 radical (unpaired) electrons. The molecular weight excluding hydrogens is 438 g/mol. The van der Waals surface area contributed by atoms with E-state index < -0.39 is 0 Å². The third kappa shape index (κ3) is 5.54. The first-order chi connectivity index (χ1) is 16.9. The van der Waals surface area contributed by atoms with Crippen LogP contribution in [0.4, 0.5) is 0 Å². The highest BCUT2D eigenvalue weighted by Gasteiger charge is 2.35. The van der Waals surface area contributed by atoms with E-state index in [9.17, 15) is 4.79 Å². The zero-order valence-electron chi connectivity index (χ0n) is 21.1. The molecule has 1 atom stereocenters. The lowest BCUT2D eigenvalue weighted by molar-refractivity contribution is -0.134. The molecule has 0 spiro atoms. The van der Waals surface area contributed by atoms with E-state index >= 15 is 0 Å². The van der Waals surface area contributed by atoms with Gasteiger partial charge in [0.2, 0.25) is 0 Å². The number of methoxy groups -OCH3 is 2. The van der Waals surface area contributed by atoms with Crippen LogP contribution in [0.2, 0.25) is 0 Å². The average Bonchev–Trinajstić information content (AvgIpc) is 3.31. The Kier molecular flexibility index (Phi) is 7.51. The van der Waals surface area contributed by atoms with Crippen molar-refractivity contribution in [3.05, 3.63) is 94.5 Å². The number of carbonyl (C=O) groups is 1. The van der Waals surface area contributed by atoms with E-state index in [0.29, 0.717) is 24.5 Å². The quantitative estimate of drug-likeness (QED) is 0.457. The van der Waals surface area contributed by atoms with E-state index in [1.54, 1.807) is 19.2 Å². The Labute approximate surface area is 207 Å². The Morgan fingerprint density at radius 3 is 2.46 bits per heavy atom. The number of hydrazone groups is 1. The Morgan fingerprint density at radius 1 is 1.00 bits per heavy atom. The van der Waals surface area contributed by atoms with Crippen LogP contribution in [0.25, 0.3) is 0 Å². The zero-order chi connectivity index (χ0) is 24.9. The van der Waals surface area contributed by atoms with Gasteiger partial charge in [0.1, 0.15) is 11.5 Å². The van der Waals surface area contributed by atoms with Gasteiger partial charge in [0.15, 0.2) is 0 Å². The van der Waals surface area contributed by atoms with Crippen LogP contribution in [0.15, 0.2) is 71.8 Å². The van der Waals surface area contributed by atoms with Gasteiger partial charge < -0.3 is 9.47 Å². The van der Waals surface area contributed by atoms with Crippen LogP contribution in [0.1, 0.15) is 40.3 Å². The minimum atomic E-state index is -0.259. The topological polar surface area (TPSA) is 54.4 Å². The summed E-state index contributed by atoms with van der Waals surface area (Å²) in [6, 6.07) is 21.9. The summed E-state index contributed by atoms with van der Waals surface area (Å²) in [5.74, 6) is 1.34. The van der Waals surface area contributed by atoms with Gasteiger partial charge in [0.25, 0.3) is 5.91 Å². The van der Waals surface area contributed by atoms with Crippen LogP contribution in [0.5, 0.6) is 11.5 Å². The number of hydrogen-bond donors (Lipinski definition) is 0. The fourth-order valence-corrected chi connectivity index (χ4v) is 4.43. The number of amides is 1. The molecule has 0 fully saturated rings. The van der Waals surface area contributed by atoms with Crippen LogP contribution in [0.3, 0.4) is 0 Å². The van der Waals surface area contributed by atoms with Gasteiger partial charge in [0.05, 0.1) is 32.5 Å². The lowest BCUT2D eigenvalue weighted by atomic mass is 9.96. The Balaban J connectivity index is 1.64. The maximum atomic E-state index is 13.6. The first-order valence-corrected chi connectivity index (χ1v) is 11.8. The molecule has 35 heavy (non-hydrogen) atoms. The molecule has 1 amide bonds. The molecule has 0 saturated heterocycles. The molecule has 1 aliphatic heterocycles. The third-order valence-corrected chi connectivity index (χ3v) is 6.51. The van der Waals surface area contributed by atoms with E-state index in [1.807, 2.05) is 48.3 Å². The number of benzene rings is 3. The van der Waals surface area contributed by atoms with Gasteiger partial charge in [-0.05, 0) is 61.3 Å². The number of nitrogens with zero attached hydrogens (tertiary/aromatic N) is 3. The predicted octanol–water partition coefficient (Wildman–Crippen LogP) is 5.13. The van der Waals surface area contributed by atoms with Crippen LogP contribution in [-0.2, 0) is 11.3 Å². The van der Waals surface area contributed by atoms with Gasteiger partial charge in [-0.2, -0.15) is 5.10 Å². The van der Waals surface area contributed by atoms with E-state index in [2.05, 4.69) is 44.2 Å². The molecule has 4 rings (SSSR count). The molecule has 1 unspecified atom stereocenters. The highest BCUT2D eigenvalue weighted by Crippen LogP contribution is 2.39. The Hall–Kier alpha value is -3.64. The second-order valence-electron chi connectivity index (χ2n) is 9.07. The van der Waals surface area contributed by atoms with Gasteiger partial charge in [-0.1, -0.05) is 42.5 Å². The molecular formula is C29H33N3O3. The zero-order valence-corrected chi connectivity index (χ0v) is 21.1. The lowest BCUT2D eigenvalue weighted by Gasteiger charge is -2.26. The Morgan fingerprint density at radius 2 is 1.77 bits per heavy atom. The molecule has 6 heteroatoms. The number of rotatable bonds is 8. The normalized spacial score (nSPS) is 15.3. The molecule has 0 saturated carbocycles. The van der Waals surface area contributed by atoms with E-state index in [-0.39, 0.29) is 18.5 Å². The second kappa shape index (κ2) is 10.7. The summed E-state index contributed by atoms with van der Waals surface area (Å²) in [6.45, 7) is 5.14. The molecule has 0 aromatic heterocycles. The van der Waals surface area contributed by atoms with Crippen LogP contribution >= 0.6 is 0 Å². The summed E-state index contributed by atoms with van der Waals surface area (Å²) in [5, 5.41) is 6.49. The van der Waals surface area contributed by atoms with Crippen LogP contribution in [0, 0.1) is 13.8 Å². The standard InChI is InChI=1S/C29H33N3O3/c1-20-11-12-23(15-21(20)2)26-17-27(25-14-13-24(34-4)16-28(25)35-5)32(30-26)29(33)19-31(3)18-22-9-7-6-8-10-22/h6-16,27H,17-19H2,1-5H3. The van der Waals surface area contributed by atoms with Crippen molar-refractivity contribution in [2.45, 2.75) is 32.9 Å². The van der Waals surface area contributed by atoms with E-state index in [1.165, 1.54) is 11.1 Å². The molecule has 6 nitrogen and oxygen atoms in total. The smallest absolute Gasteiger partial charge is 0.257 e. The SMILES string of the molecule is COc1ccc(C2CC(c3ccc(C)c(C)c3)=NN2C(=O)CN(C)Cc2ccccc2)c(OC)c1. The molecule has 0 aliphatic carbocycles. The first-order valence-electron chi connectivity index (χ1n) is 11.8. The van der Waals surface area contributed by atoms with Crippen molar-refractivity contribution in [1.29, 1.82) is 0 Å². The largest absolute Gasteiger partial charge is 0.497 e. The lowest BCUT2D eigenvalue weighted by Crippen LogP contribution is -2.36. The van der Waals surface area contributed by atoms with Gasteiger partial charge in [-0.3, -0.25) is 9.69 Å². The minimum Gasteiger partial charge on any atom is -0.497 e. The predicted molar refractivity (Wildman–Crippen MR) is 139 cm³/mol. The summed E-state index contributed by atoms with van der Waals surface area (Å²) in [7, 11) is 5.22. The highest BCUT2D eigenvalue weighted by atomic mass is 16.5. The monoisotopic (exact) mass is 471 g/mol. The molecule has 0 N–H and O–H groups in total. The third-order valence-electron chi connectivity index (χ3n) is 6.51. The van der Waals surface area contributed by atoms with Crippen molar-refractivity contribution in [2.75, 3.05) is 27.8 Å². The number of aryl methyl sites for hydroxylation is 2. The fourth-order valence-electron chi connectivity index (χ4n) is 4.43. The average molecular weight is 472 g/mol. The summed E-state index contributed by atoms with van der Waals surface area (Å²) < 4.78 is 11.1. The molecule has 0 bridgehead atoms. The molecule has 1 heterocycles. The summed E-state index contributed by atoms with van der Waals surface area (Å²) in [6.07, 6.45) is 0.610. The van der Waals surface area contributed by atoms with Gasteiger partial charge in [-0.15, -0.1) is 0 Å². The van der Waals surface area contributed by atoms with Crippen molar-refractivity contribution in [3.8, 4) is 11.5 Å². The maximum Gasteiger partial charge on any atom is 0.257 e. The molecule has 3 aromatic carbocycles. The van der Waals surface area contributed by atoms with Crippen molar-refractivity contribution in [2.24, 2.45) is 5.10 Å². The van der Waals surface area contributed by atoms with Crippen molar-refractivity contribution in [1.82, 2.24) is 9.91 Å². The molecule has 182 valence electrons. The van der Waals surface area contributed by atoms with Crippen molar-refractivity contribution < 1.29 is 14.3 Å².